The van der Waals surface area contributed by atoms with E-state index < -0.39 is 17.4 Å². The van der Waals surface area contributed by atoms with E-state index in [4.69, 9.17) is 4.42 Å². The number of ether oxygens (including phenoxy) is 1. The summed E-state index contributed by atoms with van der Waals surface area (Å²) in [6.45, 7) is 3.22. The number of carbonyl (C=O) groups excluding carboxylic acids is 3. The highest BCUT2D eigenvalue weighted by Gasteiger charge is 2.30. The van der Waals surface area contributed by atoms with Crippen LogP contribution in [-0.4, -0.2) is 37.0 Å². The van der Waals surface area contributed by atoms with Gasteiger partial charge in [-0.25, -0.2) is 4.79 Å². The zero-order valence-corrected chi connectivity index (χ0v) is 11.7. The third kappa shape index (κ3) is 4.42. The SMILES string of the molecule is COC(=O)C(C)(C)NC(=O)CCNC(=O)c1ccco1. The van der Waals surface area contributed by atoms with Crippen LogP contribution in [0.4, 0.5) is 0 Å². The lowest BCUT2D eigenvalue weighted by molar-refractivity contribution is -0.149. The number of furan rings is 1. The van der Waals surface area contributed by atoms with Crippen LogP contribution in [-0.2, 0) is 14.3 Å². The zero-order valence-electron chi connectivity index (χ0n) is 11.7. The number of hydrogen-bond donors (Lipinski definition) is 2. The van der Waals surface area contributed by atoms with Gasteiger partial charge in [0.2, 0.25) is 5.91 Å². The first kappa shape index (κ1) is 15.7. The molecule has 0 spiro atoms. The molecular formula is C13H18N2O5. The molecule has 2 amide bonds. The first-order valence-corrected chi connectivity index (χ1v) is 6.08. The van der Waals surface area contributed by atoms with E-state index in [-0.39, 0.29) is 24.6 Å². The lowest BCUT2D eigenvalue weighted by atomic mass is 10.1. The minimum atomic E-state index is -1.10. The Labute approximate surface area is 116 Å². The molecule has 2 N–H and O–H groups in total. The van der Waals surface area contributed by atoms with E-state index in [1.165, 1.54) is 33.3 Å². The fraction of sp³-hybridized carbons (Fsp3) is 0.462. The second-order valence-corrected chi connectivity index (χ2v) is 4.65. The van der Waals surface area contributed by atoms with Gasteiger partial charge >= 0.3 is 5.97 Å². The van der Waals surface area contributed by atoms with E-state index >= 15 is 0 Å². The van der Waals surface area contributed by atoms with Crippen LogP contribution in [0.5, 0.6) is 0 Å². The Bertz CT molecular complexity index is 479. The van der Waals surface area contributed by atoms with Gasteiger partial charge in [-0.15, -0.1) is 0 Å². The number of rotatable bonds is 6. The summed E-state index contributed by atoms with van der Waals surface area (Å²) in [7, 11) is 1.25. The summed E-state index contributed by atoms with van der Waals surface area (Å²) in [6.07, 6.45) is 1.44. The first-order chi connectivity index (χ1) is 9.36. The van der Waals surface area contributed by atoms with Gasteiger partial charge < -0.3 is 19.8 Å². The van der Waals surface area contributed by atoms with Gasteiger partial charge in [0.25, 0.3) is 5.91 Å². The molecule has 0 aliphatic carbocycles. The summed E-state index contributed by atoms with van der Waals surface area (Å²) in [4.78, 5) is 34.6. The second-order valence-electron chi connectivity index (χ2n) is 4.65. The minimum Gasteiger partial charge on any atom is -0.467 e. The summed E-state index contributed by atoms with van der Waals surface area (Å²) in [6, 6.07) is 3.12. The molecule has 20 heavy (non-hydrogen) atoms. The quantitative estimate of drug-likeness (QED) is 0.739. The molecule has 0 saturated carbocycles. The highest BCUT2D eigenvalue weighted by atomic mass is 16.5. The summed E-state index contributed by atoms with van der Waals surface area (Å²) in [5.74, 6) is -1.11. The molecule has 0 radical (unpaired) electrons. The van der Waals surface area contributed by atoms with Crippen molar-refractivity contribution in [1.29, 1.82) is 0 Å². The molecule has 0 aliphatic rings. The predicted molar refractivity (Wildman–Crippen MR) is 69.9 cm³/mol. The minimum absolute atomic E-state index is 0.0485. The van der Waals surface area contributed by atoms with Crippen molar-refractivity contribution in [3.63, 3.8) is 0 Å². The summed E-state index contributed by atoms with van der Waals surface area (Å²) in [5.41, 5.74) is -1.10. The predicted octanol–water partition coefficient (Wildman–Crippen LogP) is 0.467. The second kappa shape index (κ2) is 6.74. The monoisotopic (exact) mass is 282 g/mol. The lowest BCUT2D eigenvalue weighted by Crippen LogP contribution is -2.50. The van der Waals surface area contributed by atoms with Crippen LogP contribution in [0.25, 0.3) is 0 Å². The standard InChI is InChI=1S/C13H18N2O5/c1-13(2,12(18)19-3)15-10(16)6-7-14-11(17)9-5-4-8-20-9/h4-5,8H,6-7H2,1-3H3,(H,14,17)(H,15,16). The number of hydrogen-bond acceptors (Lipinski definition) is 5. The third-order valence-corrected chi connectivity index (χ3v) is 2.53. The molecule has 110 valence electrons. The Kier molecular flexibility index (Phi) is 5.31. The maximum absolute atomic E-state index is 11.7. The Morgan fingerprint density at radius 2 is 2.05 bits per heavy atom. The van der Waals surface area contributed by atoms with Crippen molar-refractivity contribution in [3.05, 3.63) is 24.2 Å². The van der Waals surface area contributed by atoms with E-state index in [2.05, 4.69) is 15.4 Å². The number of methoxy groups -OCH3 is 1. The van der Waals surface area contributed by atoms with E-state index in [0.29, 0.717) is 0 Å². The van der Waals surface area contributed by atoms with Crippen molar-refractivity contribution in [2.24, 2.45) is 0 Å². The topological polar surface area (TPSA) is 97.6 Å². The molecule has 0 aliphatic heterocycles. The van der Waals surface area contributed by atoms with Crippen molar-refractivity contribution in [2.45, 2.75) is 25.8 Å². The number of carbonyl (C=O) groups is 3. The van der Waals surface area contributed by atoms with Gasteiger partial charge in [0.05, 0.1) is 13.4 Å². The van der Waals surface area contributed by atoms with Crippen molar-refractivity contribution in [3.8, 4) is 0 Å². The Morgan fingerprint density at radius 1 is 1.35 bits per heavy atom. The van der Waals surface area contributed by atoms with E-state index in [1.54, 1.807) is 6.07 Å². The molecular weight excluding hydrogens is 264 g/mol. The Morgan fingerprint density at radius 3 is 2.60 bits per heavy atom. The van der Waals surface area contributed by atoms with E-state index in [1.807, 2.05) is 0 Å². The molecule has 0 saturated heterocycles. The molecule has 1 heterocycles. The largest absolute Gasteiger partial charge is 0.467 e. The maximum atomic E-state index is 11.7. The lowest BCUT2D eigenvalue weighted by Gasteiger charge is -2.23. The van der Waals surface area contributed by atoms with Crippen molar-refractivity contribution in [2.75, 3.05) is 13.7 Å². The van der Waals surface area contributed by atoms with E-state index in [0.717, 1.165) is 0 Å². The van der Waals surface area contributed by atoms with Crippen LogP contribution >= 0.6 is 0 Å². The van der Waals surface area contributed by atoms with Crippen LogP contribution in [0.3, 0.4) is 0 Å². The number of esters is 1. The van der Waals surface area contributed by atoms with Gasteiger partial charge in [-0.3, -0.25) is 9.59 Å². The first-order valence-electron chi connectivity index (χ1n) is 6.08. The smallest absolute Gasteiger partial charge is 0.330 e. The molecule has 0 unspecified atom stereocenters. The molecule has 0 bridgehead atoms. The average Bonchev–Trinajstić information content (AvgIpc) is 2.90. The Hall–Kier alpha value is -2.31. The van der Waals surface area contributed by atoms with Crippen molar-refractivity contribution < 1.29 is 23.5 Å². The van der Waals surface area contributed by atoms with Gasteiger partial charge in [0.15, 0.2) is 5.76 Å². The summed E-state index contributed by atoms with van der Waals surface area (Å²) < 4.78 is 9.48. The van der Waals surface area contributed by atoms with Crippen LogP contribution in [0, 0.1) is 0 Å². The van der Waals surface area contributed by atoms with Gasteiger partial charge in [-0.2, -0.15) is 0 Å². The summed E-state index contributed by atoms with van der Waals surface area (Å²) >= 11 is 0. The number of nitrogens with one attached hydrogen (secondary N) is 2. The molecule has 1 rings (SSSR count). The fourth-order valence-electron chi connectivity index (χ4n) is 1.50. The fourth-order valence-corrected chi connectivity index (χ4v) is 1.50. The average molecular weight is 282 g/mol. The molecule has 0 aromatic carbocycles. The molecule has 7 heteroatoms. The van der Waals surface area contributed by atoms with Crippen molar-refractivity contribution >= 4 is 17.8 Å². The van der Waals surface area contributed by atoms with Crippen LogP contribution in [0.15, 0.2) is 22.8 Å². The van der Waals surface area contributed by atoms with Crippen LogP contribution < -0.4 is 10.6 Å². The van der Waals surface area contributed by atoms with Crippen molar-refractivity contribution in [1.82, 2.24) is 10.6 Å². The maximum Gasteiger partial charge on any atom is 0.330 e. The van der Waals surface area contributed by atoms with Gasteiger partial charge in [-0.1, -0.05) is 0 Å². The molecule has 0 fully saturated rings. The normalized spacial score (nSPS) is 10.8. The summed E-state index contributed by atoms with van der Waals surface area (Å²) in [5, 5.41) is 5.06. The highest BCUT2D eigenvalue weighted by molar-refractivity contribution is 5.92. The molecule has 0 atom stereocenters. The van der Waals surface area contributed by atoms with Gasteiger partial charge in [0.1, 0.15) is 5.54 Å². The zero-order chi connectivity index (χ0) is 15.2. The molecule has 7 nitrogen and oxygen atoms in total. The van der Waals surface area contributed by atoms with Gasteiger partial charge in [-0.05, 0) is 26.0 Å². The third-order valence-electron chi connectivity index (χ3n) is 2.53. The van der Waals surface area contributed by atoms with Gasteiger partial charge in [0, 0.05) is 13.0 Å². The Balaban J connectivity index is 2.34. The highest BCUT2D eigenvalue weighted by Crippen LogP contribution is 2.04. The molecule has 1 aromatic heterocycles. The van der Waals surface area contributed by atoms with E-state index in [9.17, 15) is 14.4 Å². The number of amides is 2. The van der Waals surface area contributed by atoms with Crippen LogP contribution in [0.2, 0.25) is 0 Å². The van der Waals surface area contributed by atoms with Crippen LogP contribution in [0.1, 0.15) is 30.8 Å². The molecule has 1 aromatic rings.